The summed E-state index contributed by atoms with van der Waals surface area (Å²) in [5, 5.41) is 4.02. The van der Waals surface area contributed by atoms with Crippen LogP contribution in [0.25, 0.3) is 10.9 Å². The Kier molecular flexibility index (Phi) is 5.72. The highest BCUT2D eigenvalue weighted by atomic mass is 16.1. The fourth-order valence-corrected chi connectivity index (χ4v) is 3.41. The number of fused-ring (bicyclic) bond motifs is 1. The van der Waals surface area contributed by atoms with Crippen LogP contribution in [0.1, 0.15) is 16.9 Å². The van der Waals surface area contributed by atoms with Gasteiger partial charge in [0.05, 0.1) is 5.52 Å². The van der Waals surface area contributed by atoms with E-state index in [1.807, 2.05) is 36.4 Å². The number of amides is 1. The monoisotopic (exact) mass is 376 g/mol. The van der Waals surface area contributed by atoms with E-state index < -0.39 is 0 Å². The molecule has 1 N–H and O–H groups in total. The van der Waals surface area contributed by atoms with Crippen molar-refractivity contribution < 1.29 is 4.79 Å². The number of hydrogen-bond acceptors (Lipinski definition) is 6. The molecule has 0 bridgehead atoms. The predicted molar refractivity (Wildman–Crippen MR) is 109 cm³/mol. The van der Waals surface area contributed by atoms with Gasteiger partial charge in [0.2, 0.25) is 5.95 Å². The van der Waals surface area contributed by atoms with Crippen LogP contribution >= 0.6 is 0 Å². The molecule has 0 saturated carbocycles. The summed E-state index contributed by atoms with van der Waals surface area (Å²) in [5.74, 6) is 0.689. The predicted octanol–water partition coefficient (Wildman–Crippen LogP) is 1.97. The average Bonchev–Trinajstić information content (AvgIpc) is 2.77. The summed E-state index contributed by atoms with van der Waals surface area (Å²) in [6.07, 6.45) is 4.48. The lowest BCUT2D eigenvalue weighted by Crippen LogP contribution is -2.47. The second-order valence-electron chi connectivity index (χ2n) is 6.88. The molecule has 4 rings (SSSR count). The normalized spacial score (nSPS) is 14.9. The molecule has 0 unspecified atom stereocenters. The molecule has 0 spiro atoms. The average molecular weight is 376 g/mol. The fourth-order valence-electron chi connectivity index (χ4n) is 3.41. The molecule has 3 heterocycles. The number of anilines is 1. The van der Waals surface area contributed by atoms with E-state index in [0.717, 1.165) is 56.0 Å². The molecule has 2 aromatic heterocycles. The molecule has 0 radical (unpaired) electrons. The standard InChI is InChI=1S/C21H24N6O/c28-20(19-8-7-17-5-1-2-6-18(17)25-19)22-11-4-12-26-13-15-27(16-14-26)21-23-9-3-10-24-21/h1-3,5-10H,4,11-16H2,(H,22,28). The van der Waals surface area contributed by atoms with Crippen molar-refractivity contribution >= 4 is 22.8 Å². The Morgan fingerprint density at radius 2 is 1.75 bits per heavy atom. The number of nitrogens with one attached hydrogen (secondary N) is 1. The molecule has 144 valence electrons. The summed E-state index contributed by atoms with van der Waals surface area (Å²) in [5.41, 5.74) is 1.31. The number of rotatable bonds is 6. The molecule has 1 saturated heterocycles. The highest BCUT2D eigenvalue weighted by Crippen LogP contribution is 2.12. The third-order valence-electron chi connectivity index (χ3n) is 4.98. The van der Waals surface area contributed by atoms with E-state index in [-0.39, 0.29) is 5.91 Å². The topological polar surface area (TPSA) is 74.2 Å². The highest BCUT2D eigenvalue weighted by Gasteiger charge is 2.18. The van der Waals surface area contributed by atoms with E-state index in [9.17, 15) is 4.79 Å². The molecular weight excluding hydrogens is 352 g/mol. The molecule has 1 amide bonds. The van der Waals surface area contributed by atoms with Crippen molar-refractivity contribution in [2.75, 3.05) is 44.2 Å². The van der Waals surface area contributed by atoms with Crippen LogP contribution in [-0.2, 0) is 0 Å². The van der Waals surface area contributed by atoms with Crippen LogP contribution in [-0.4, -0.2) is 65.0 Å². The molecule has 0 atom stereocenters. The summed E-state index contributed by atoms with van der Waals surface area (Å²) < 4.78 is 0. The molecule has 0 aliphatic carbocycles. The Morgan fingerprint density at radius 1 is 0.964 bits per heavy atom. The first-order valence-corrected chi connectivity index (χ1v) is 9.68. The Balaban J connectivity index is 1.19. The van der Waals surface area contributed by atoms with E-state index in [0.29, 0.717) is 12.2 Å². The molecular formula is C21H24N6O. The van der Waals surface area contributed by atoms with Crippen LogP contribution in [0.3, 0.4) is 0 Å². The minimum Gasteiger partial charge on any atom is -0.351 e. The molecule has 1 fully saturated rings. The van der Waals surface area contributed by atoms with Crippen molar-refractivity contribution in [1.82, 2.24) is 25.2 Å². The van der Waals surface area contributed by atoms with Gasteiger partial charge in [-0.25, -0.2) is 15.0 Å². The number of para-hydroxylation sites is 1. The van der Waals surface area contributed by atoms with Crippen LogP contribution in [0.5, 0.6) is 0 Å². The first-order chi connectivity index (χ1) is 13.8. The Hall–Kier alpha value is -3.06. The molecule has 3 aromatic rings. The molecule has 1 aromatic carbocycles. The second-order valence-corrected chi connectivity index (χ2v) is 6.88. The maximum Gasteiger partial charge on any atom is 0.269 e. The van der Waals surface area contributed by atoms with Gasteiger partial charge in [-0.2, -0.15) is 0 Å². The first kappa shape index (κ1) is 18.3. The van der Waals surface area contributed by atoms with E-state index in [2.05, 4.69) is 30.1 Å². The van der Waals surface area contributed by atoms with Crippen LogP contribution in [0.15, 0.2) is 54.9 Å². The second kappa shape index (κ2) is 8.75. The van der Waals surface area contributed by atoms with Crippen molar-refractivity contribution in [2.24, 2.45) is 0 Å². The van der Waals surface area contributed by atoms with E-state index in [4.69, 9.17) is 0 Å². The molecule has 7 heteroatoms. The van der Waals surface area contributed by atoms with Gasteiger partial charge in [-0.1, -0.05) is 24.3 Å². The quantitative estimate of drug-likeness (QED) is 0.663. The zero-order valence-corrected chi connectivity index (χ0v) is 15.8. The number of nitrogens with zero attached hydrogens (tertiary/aromatic N) is 5. The smallest absolute Gasteiger partial charge is 0.269 e. The third kappa shape index (κ3) is 4.43. The van der Waals surface area contributed by atoms with E-state index in [1.165, 1.54) is 0 Å². The molecule has 1 aliphatic heterocycles. The van der Waals surface area contributed by atoms with Crippen LogP contribution < -0.4 is 10.2 Å². The van der Waals surface area contributed by atoms with E-state index >= 15 is 0 Å². The first-order valence-electron chi connectivity index (χ1n) is 9.68. The van der Waals surface area contributed by atoms with Crippen molar-refractivity contribution in [3.8, 4) is 0 Å². The highest BCUT2D eigenvalue weighted by molar-refractivity contribution is 5.94. The Bertz CT molecular complexity index is 924. The molecule has 1 aliphatic rings. The zero-order chi connectivity index (χ0) is 19.2. The van der Waals surface area contributed by atoms with Crippen LogP contribution in [0.2, 0.25) is 0 Å². The van der Waals surface area contributed by atoms with Gasteiger partial charge in [0.15, 0.2) is 0 Å². The largest absolute Gasteiger partial charge is 0.351 e. The molecule has 28 heavy (non-hydrogen) atoms. The van der Waals surface area contributed by atoms with Gasteiger partial charge >= 0.3 is 0 Å². The van der Waals surface area contributed by atoms with Crippen molar-refractivity contribution in [3.05, 3.63) is 60.6 Å². The maximum atomic E-state index is 12.3. The summed E-state index contributed by atoms with van der Waals surface area (Å²) >= 11 is 0. The van der Waals surface area contributed by atoms with Gasteiger partial charge in [0.1, 0.15) is 5.69 Å². The van der Waals surface area contributed by atoms with Gasteiger partial charge in [0.25, 0.3) is 5.91 Å². The number of aromatic nitrogens is 3. The molecule has 7 nitrogen and oxygen atoms in total. The lowest BCUT2D eigenvalue weighted by molar-refractivity contribution is 0.0947. The van der Waals surface area contributed by atoms with Gasteiger partial charge < -0.3 is 10.2 Å². The summed E-state index contributed by atoms with van der Waals surface area (Å²) in [6, 6.07) is 13.4. The Morgan fingerprint density at radius 3 is 2.57 bits per heavy atom. The SMILES string of the molecule is O=C(NCCCN1CCN(c2ncccn2)CC1)c1ccc2ccccc2n1. The van der Waals surface area contributed by atoms with Gasteiger partial charge in [0, 0.05) is 50.5 Å². The third-order valence-corrected chi connectivity index (χ3v) is 4.98. The minimum absolute atomic E-state index is 0.114. The summed E-state index contributed by atoms with van der Waals surface area (Å²) in [7, 11) is 0. The number of carbonyl (C=O) groups excluding carboxylic acids is 1. The summed E-state index contributed by atoms with van der Waals surface area (Å²) in [6.45, 7) is 5.44. The number of benzene rings is 1. The van der Waals surface area contributed by atoms with E-state index in [1.54, 1.807) is 18.5 Å². The fraction of sp³-hybridized carbons (Fsp3) is 0.333. The van der Waals surface area contributed by atoms with Crippen LogP contribution in [0.4, 0.5) is 5.95 Å². The lowest BCUT2D eigenvalue weighted by Gasteiger charge is -2.34. The van der Waals surface area contributed by atoms with Crippen LogP contribution in [0, 0.1) is 0 Å². The van der Waals surface area contributed by atoms with Gasteiger partial charge in [-0.05, 0) is 31.2 Å². The number of carbonyl (C=O) groups is 1. The number of piperazine rings is 1. The maximum absolute atomic E-state index is 12.3. The van der Waals surface area contributed by atoms with Crippen molar-refractivity contribution in [2.45, 2.75) is 6.42 Å². The number of pyridine rings is 1. The minimum atomic E-state index is -0.114. The zero-order valence-electron chi connectivity index (χ0n) is 15.8. The van der Waals surface area contributed by atoms with Gasteiger partial charge in [-0.3, -0.25) is 9.69 Å². The summed E-state index contributed by atoms with van der Waals surface area (Å²) in [4.78, 5) is 30.0. The Labute approximate surface area is 164 Å². The van der Waals surface area contributed by atoms with Crippen molar-refractivity contribution in [1.29, 1.82) is 0 Å². The van der Waals surface area contributed by atoms with Gasteiger partial charge in [-0.15, -0.1) is 0 Å². The van der Waals surface area contributed by atoms with Crippen molar-refractivity contribution in [3.63, 3.8) is 0 Å². The lowest BCUT2D eigenvalue weighted by atomic mass is 10.2. The number of hydrogen-bond donors (Lipinski definition) is 1.